The van der Waals surface area contributed by atoms with Gasteiger partial charge in [0.1, 0.15) is 0 Å². The van der Waals surface area contributed by atoms with Crippen molar-refractivity contribution in [2.24, 2.45) is 0 Å². The highest BCUT2D eigenvalue weighted by molar-refractivity contribution is 7.89. The fourth-order valence-corrected chi connectivity index (χ4v) is 2.98. The average molecular weight is 331 g/mol. The lowest BCUT2D eigenvalue weighted by molar-refractivity contribution is -0.121. The van der Waals surface area contributed by atoms with Gasteiger partial charge in [-0.2, -0.15) is 0 Å². The topological polar surface area (TPSA) is 75.3 Å². The van der Waals surface area contributed by atoms with E-state index in [2.05, 4.69) is 10.0 Å². The van der Waals surface area contributed by atoms with Gasteiger partial charge < -0.3 is 5.32 Å². The van der Waals surface area contributed by atoms with Crippen molar-refractivity contribution < 1.29 is 13.2 Å². The third-order valence-corrected chi connectivity index (χ3v) is 5.27. The first kappa shape index (κ1) is 16.3. The highest BCUT2D eigenvalue weighted by atomic mass is 35.5. The maximum absolute atomic E-state index is 11.6. The second-order valence-corrected chi connectivity index (χ2v) is 7.74. The van der Waals surface area contributed by atoms with Crippen molar-refractivity contribution in [1.29, 1.82) is 0 Å². The first-order valence-corrected chi connectivity index (χ1v) is 8.95. The summed E-state index contributed by atoms with van der Waals surface area (Å²) in [4.78, 5) is 11.6. The molecule has 0 saturated heterocycles. The van der Waals surface area contributed by atoms with Gasteiger partial charge in [-0.3, -0.25) is 4.79 Å². The van der Waals surface area contributed by atoms with Crippen LogP contribution < -0.4 is 10.0 Å². The second-order valence-electron chi connectivity index (χ2n) is 5.21. The quantitative estimate of drug-likeness (QED) is 0.832. The van der Waals surface area contributed by atoms with Crippen molar-refractivity contribution in [3.8, 4) is 0 Å². The van der Waals surface area contributed by atoms with E-state index < -0.39 is 10.0 Å². The number of hydrogen-bond acceptors (Lipinski definition) is 3. The van der Waals surface area contributed by atoms with Crippen LogP contribution in [0.15, 0.2) is 24.3 Å². The number of halogens is 1. The fourth-order valence-electron chi connectivity index (χ4n) is 2.30. The summed E-state index contributed by atoms with van der Waals surface area (Å²) in [6.07, 6.45) is 1.74. The molecule has 1 amide bonds. The van der Waals surface area contributed by atoms with Crippen molar-refractivity contribution in [2.75, 3.05) is 12.3 Å². The molecule has 0 aromatic heterocycles. The summed E-state index contributed by atoms with van der Waals surface area (Å²) >= 11 is 5.85. The zero-order valence-electron chi connectivity index (χ0n) is 11.8. The van der Waals surface area contributed by atoms with Gasteiger partial charge in [-0.25, -0.2) is 13.1 Å². The minimum atomic E-state index is -3.32. The van der Waals surface area contributed by atoms with E-state index in [-0.39, 0.29) is 24.2 Å². The average Bonchev–Trinajstić information content (AvgIpc) is 2.42. The van der Waals surface area contributed by atoms with Crippen LogP contribution in [0.1, 0.15) is 31.2 Å². The lowest BCUT2D eigenvalue weighted by Crippen LogP contribution is -2.47. The van der Waals surface area contributed by atoms with Crippen LogP contribution in [-0.4, -0.2) is 32.7 Å². The predicted molar refractivity (Wildman–Crippen MR) is 82.8 cm³/mol. The Morgan fingerprint density at radius 1 is 1.29 bits per heavy atom. The summed E-state index contributed by atoms with van der Waals surface area (Å²) in [6, 6.07) is 7.84. The Kier molecular flexibility index (Phi) is 5.24. The van der Waals surface area contributed by atoms with E-state index in [0.717, 1.165) is 12.8 Å². The van der Waals surface area contributed by atoms with Crippen molar-refractivity contribution in [3.05, 3.63) is 34.9 Å². The van der Waals surface area contributed by atoms with Gasteiger partial charge in [0.2, 0.25) is 15.9 Å². The second kappa shape index (κ2) is 6.77. The van der Waals surface area contributed by atoms with Crippen LogP contribution in [0, 0.1) is 0 Å². The minimum absolute atomic E-state index is 0.0254. The van der Waals surface area contributed by atoms with Gasteiger partial charge >= 0.3 is 0 Å². The summed E-state index contributed by atoms with van der Waals surface area (Å²) < 4.78 is 24.7. The monoisotopic (exact) mass is 330 g/mol. The van der Waals surface area contributed by atoms with E-state index in [4.69, 9.17) is 11.6 Å². The van der Waals surface area contributed by atoms with Crippen LogP contribution in [0.4, 0.5) is 0 Å². The molecule has 1 aliphatic rings. The largest absolute Gasteiger partial charge is 0.352 e. The van der Waals surface area contributed by atoms with Crippen molar-refractivity contribution in [1.82, 2.24) is 10.0 Å². The molecule has 116 valence electrons. The molecule has 1 aromatic rings. The lowest BCUT2D eigenvalue weighted by atomic mass is 9.76. The van der Waals surface area contributed by atoms with Crippen LogP contribution >= 0.6 is 11.6 Å². The van der Waals surface area contributed by atoms with E-state index in [9.17, 15) is 13.2 Å². The molecule has 21 heavy (non-hydrogen) atoms. The third-order valence-electron chi connectivity index (χ3n) is 3.68. The molecule has 1 aliphatic carbocycles. The number of carbonyl (C=O) groups is 1. The van der Waals surface area contributed by atoms with Gasteiger partial charge in [0.05, 0.1) is 12.3 Å². The summed E-state index contributed by atoms with van der Waals surface area (Å²) in [5, 5.41) is 3.55. The standard InChI is InChI=1S/C14H19ClN2O3S/c1-2-21(19,20)16-9-14(18)17-13-7-11(8-13)10-3-5-12(15)6-4-10/h3-6,11,13,16H,2,7-9H2,1H3,(H,17,18). The van der Waals surface area contributed by atoms with Crippen molar-refractivity contribution in [3.63, 3.8) is 0 Å². The van der Waals surface area contributed by atoms with Crippen LogP contribution in [-0.2, 0) is 14.8 Å². The van der Waals surface area contributed by atoms with Gasteiger partial charge in [-0.1, -0.05) is 23.7 Å². The summed E-state index contributed by atoms with van der Waals surface area (Å²) in [7, 11) is -3.32. The molecule has 5 nitrogen and oxygen atoms in total. The van der Waals surface area contributed by atoms with E-state index >= 15 is 0 Å². The summed E-state index contributed by atoms with van der Waals surface area (Å²) in [6.45, 7) is 1.33. The van der Waals surface area contributed by atoms with Gasteiger partial charge in [-0.05, 0) is 43.4 Å². The molecule has 0 heterocycles. The van der Waals surface area contributed by atoms with Crippen LogP contribution in [0.25, 0.3) is 0 Å². The summed E-state index contributed by atoms with van der Waals surface area (Å²) in [5.74, 6) is 0.119. The molecule has 1 aromatic carbocycles. The first-order valence-electron chi connectivity index (χ1n) is 6.92. The van der Waals surface area contributed by atoms with Gasteiger partial charge in [0, 0.05) is 11.1 Å². The Balaban J connectivity index is 1.73. The normalized spacial score (nSPS) is 21.6. The zero-order valence-corrected chi connectivity index (χ0v) is 13.4. The molecule has 7 heteroatoms. The molecule has 1 saturated carbocycles. The van der Waals surface area contributed by atoms with Crippen LogP contribution in [0.3, 0.4) is 0 Å². The number of rotatable bonds is 6. The SMILES string of the molecule is CCS(=O)(=O)NCC(=O)NC1CC(c2ccc(Cl)cc2)C1. The number of benzene rings is 1. The Labute approximate surface area is 130 Å². The highest BCUT2D eigenvalue weighted by Crippen LogP contribution is 2.37. The van der Waals surface area contributed by atoms with Crippen LogP contribution in [0.2, 0.25) is 5.02 Å². The number of nitrogens with one attached hydrogen (secondary N) is 2. The molecular formula is C14H19ClN2O3S. The molecule has 0 aliphatic heterocycles. The molecule has 0 bridgehead atoms. The first-order chi connectivity index (χ1) is 9.89. The minimum Gasteiger partial charge on any atom is -0.352 e. The van der Waals surface area contributed by atoms with Crippen molar-refractivity contribution >= 4 is 27.5 Å². The molecular weight excluding hydrogens is 312 g/mol. The van der Waals surface area contributed by atoms with E-state index in [0.29, 0.717) is 10.9 Å². The van der Waals surface area contributed by atoms with Crippen LogP contribution in [0.5, 0.6) is 0 Å². The Bertz CT molecular complexity index is 595. The molecule has 2 N–H and O–H groups in total. The summed E-state index contributed by atoms with van der Waals surface area (Å²) in [5.41, 5.74) is 1.22. The molecule has 0 atom stereocenters. The highest BCUT2D eigenvalue weighted by Gasteiger charge is 2.31. The Morgan fingerprint density at radius 2 is 1.90 bits per heavy atom. The van der Waals surface area contributed by atoms with Crippen molar-refractivity contribution in [2.45, 2.75) is 31.7 Å². The van der Waals surface area contributed by atoms with E-state index in [1.165, 1.54) is 12.5 Å². The molecule has 0 unspecified atom stereocenters. The molecule has 0 radical (unpaired) electrons. The third kappa shape index (κ3) is 4.69. The van der Waals surface area contributed by atoms with Gasteiger partial charge in [0.25, 0.3) is 0 Å². The van der Waals surface area contributed by atoms with Gasteiger partial charge in [-0.15, -0.1) is 0 Å². The smallest absolute Gasteiger partial charge is 0.235 e. The molecule has 2 rings (SSSR count). The maximum Gasteiger partial charge on any atom is 0.235 e. The Morgan fingerprint density at radius 3 is 2.48 bits per heavy atom. The van der Waals surface area contributed by atoms with E-state index in [1.807, 2.05) is 24.3 Å². The lowest BCUT2D eigenvalue weighted by Gasteiger charge is -2.36. The van der Waals surface area contributed by atoms with Gasteiger partial charge in [0.15, 0.2) is 0 Å². The fraction of sp³-hybridized carbons (Fsp3) is 0.500. The van der Waals surface area contributed by atoms with E-state index in [1.54, 1.807) is 0 Å². The number of carbonyl (C=O) groups excluding carboxylic acids is 1. The number of hydrogen-bond donors (Lipinski definition) is 2. The zero-order chi connectivity index (χ0) is 15.5. The molecule has 0 spiro atoms. The number of sulfonamides is 1. The Hall–Kier alpha value is -1.11. The maximum atomic E-state index is 11.6. The predicted octanol–water partition coefficient (Wildman–Crippen LogP) is 1.64. The number of amides is 1. The molecule has 1 fully saturated rings.